The number of nitrogens with one attached hydrogen (secondary N) is 1. The van der Waals surface area contributed by atoms with Gasteiger partial charge in [0, 0.05) is 29.6 Å². The van der Waals surface area contributed by atoms with Gasteiger partial charge in [0.25, 0.3) is 5.91 Å². The summed E-state index contributed by atoms with van der Waals surface area (Å²) in [7, 11) is 3.05. The first-order valence-electron chi connectivity index (χ1n) is 8.46. The number of benzene rings is 2. The van der Waals surface area contributed by atoms with Crippen LogP contribution in [0.4, 0.5) is 0 Å². The fourth-order valence-electron chi connectivity index (χ4n) is 2.85. The Kier molecular flexibility index (Phi) is 5.16. The summed E-state index contributed by atoms with van der Waals surface area (Å²) in [5.41, 5.74) is 3.30. The Hall–Kier alpha value is -3.28. The Labute approximate surface area is 156 Å². The van der Waals surface area contributed by atoms with Gasteiger partial charge in [-0.15, -0.1) is 0 Å². The van der Waals surface area contributed by atoms with E-state index in [1.165, 1.54) is 20.3 Å². The summed E-state index contributed by atoms with van der Waals surface area (Å²) >= 11 is 0. The molecule has 6 nitrogen and oxygen atoms in total. The van der Waals surface area contributed by atoms with Crippen molar-refractivity contribution in [3.63, 3.8) is 0 Å². The van der Waals surface area contributed by atoms with Gasteiger partial charge in [0.15, 0.2) is 0 Å². The second kappa shape index (κ2) is 7.53. The van der Waals surface area contributed by atoms with E-state index in [0.717, 1.165) is 16.5 Å². The molecule has 0 saturated carbocycles. The molecule has 0 bridgehead atoms. The number of aryl methyl sites for hydroxylation is 2. The van der Waals surface area contributed by atoms with Crippen LogP contribution in [0.25, 0.3) is 11.0 Å². The van der Waals surface area contributed by atoms with Crippen LogP contribution in [0.3, 0.4) is 0 Å². The van der Waals surface area contributed by atoms with Crippen molar-refractivity contribution >= 4 is 16.9 Å². The third kappa shape index (κ3) is 3.95. The zero-order valence-electron chi connectivity index (χ0n) is 15.7. The van der Waals surface area contributed by atoms with Crippen molar-refractivity contribution in [2.24, 2.45) is 0 Å². The molecule has 0 saturated heterocycles. The van der Waals surface area contributed by atoms with E-state index in [-0.39, 0.29) is 12.5 Å². The topological polar surface area (TPSA) is 77.8 Å². The fourth-order valence-corrected chi connectivity index (χ4v) is 2.85. The molecule has 1 aromatic heterocycles. The number of methoxy groups -OCH3 is 2. The molecule has 0 fully saturated rings. The monoisotopic (exact) mass is 367 g/mol. The minimum absolute atomic E-state index is 0.197. The van der Waals surface area contributed by atoms with Gasteiger partial charge in [-0.25, -0.2) is 4.79 Å². The highest BCUT2D eigenvalue weighted by molar-refractivity contribution is 5.95. The van der Waals surface area contributed by atoms with Crippen LogP contribution in [0.1, 0.15) is 27.0 Å². The highest BCUT2D eigenvalue weighted by Gasteiger charge is 2.12. The van der Waals surface area contributed by atoms with Gasteiger partial charge in [-0.05, 0) is 54.8 Å². The van der Waals surface area contributed by atoms with E-state index in [4.69, 9.17) is 13.9 Å². The minimum Gasteiger partial charge on any atom is -0.497 e. The summed E-state index contributed by atoms with van der Waals surface area (Å²) in [5.74, 6) is 0.755. The van der Waals surface area contributed by atoms with Gasteiger partial charge in [-0.2, -0.15) is 0 Å². The summed E-state index contributed by atoms with van der Waals surface area (Å²) in [5, 5.41) is 3.65. The summed E-state index contributed by atoms with van der Waals surface area (Å²) < 4.78 is 15.7. The molecule has 0 spiro atoms. The van der Waals surface area contributed by atoms with Crippen molar-refractivity contribution in [3.05, 3.63) is 69.1 Å². The molecule has 1 N–H and O–H groups in total. The average molecular weight is 367 g/mol. The van der Waals surface area contributed by atoms with Gasteiger partial charge in [0.1, 0.15) is 17.1 Å². The maximum Gasteiger partial charge on any atom is 0.336 e. The highest BCUT2D eigenvalue weighted by atomic mass is 16.5. The van der Waals surface area contributed by atoms with Gasteiger partial charge < -0.3 is 19.2 Å². The van der Waals surface area contributed by atoms with E-state index in [9.17, 15) is 9.59 Å². The third-order valence-electron chi connectivity index (χ3n) is 4.50. The number of carbonyl (C=O) groups excluding carboxylic acids is 1. The minimum atomic E-state index is -0.446. The van der Waals surface area contributed by atoms with Crippen molar-refractivity contribution in [1.29, 1.82) is 0 Å². The Morgan fingerprint density at radius 2 is 1.59 bits per heavy atom. The SMILES string of the molecule is COc1cc(OC)cc(C(=O)NCc2cc(=O)oc3cc(C)c(C)cc23)c1. The van der Waals surface area contributed by atoms with E-state index < -0.39 is 5.63 Å². The predicted molar refractivity (Wildman–Crippen MR) is 103 cm³/mol. The average Bonchev–Trinajstić information content (AvgIpc) is 2.66. The lowest BCUT2D eigenvalue weighted by Gasteiger charge is -2.11. The molecule has 0 aliphatic carbocycles. The number of ether oxygens (including phenoxy) is 2. The fraction of sp³-hybridized carbons (Fsp3) is 0.238. The van der Waals surface area contributed by atoms with Crippen LogP contribution in [0.2, 0.25) is 0 Å². The number of hydrogen-bond donors (Lipinski definition) is 1. The molecule has 3 rings (SSSR count). The second-order valence-electron chi connectivity index (χ2n) is 6.31. The van der Waals surface area contributed by atoms with Crippen LogP contribution in [0, 0.1) is 13.8 Å². The normalized spacial score (nSPS) is 10.7. The second-order valence-corrected chi connectivity index (χ2v) is 6.31. The number of amides is 1. The van der Waals surface area contributed by atoms with E-state index >= 15 is 0 Å². The maximum absolute atomic E-state index is 12.6. The quantitative estimate of drug-likeness (QED) is 0.700. The first-order valence-corrected chi connectivity index (χ1v) is 8.46. The molecule has 2 aromatic carbocycles. The first-order chi connectivity index (χ1) is 12.9. The van der Waals surface area contributed by atoms with Gasteiger partial charge in [0.2, 0.25) is 0 Å². The third-order valence-corrected chi connectivity index (χ3v) is 4.50. The predicted octanol–water partition coefficient (Wildman–Crippen LogP) is 3.36. The Bertz CT molecular complexity index is 1050. The van der Waals surface area contributed by atoms with Gasteiger partial charge >= 0.3 is 5.63 Å². The smallest absolute Gasteiger partial charge is 0.336 e. The van der Waals surface area contributed by atoms with Gasteiger partial charge in [0.05, 0.1) is 14.2 Å². The zero-order valence-corrected chi connectivity index (χ0v) is 15.7. The molecule has 27 heavy (non-hydrogen) atoms. The maximum atomic E-state index is 12.6. The van der Waals surface area contributed by atoms with Crippen molar-refractivity contribution in [2.75, 3.05) is 14.2 Å². The number of fused-ring (bicyclic) bond motifs is 1. The lowest BCUT2D eigenvalue weighted by atomic mass is 10.0. The summed E-state index contributed by atoms with van der Waals surface area (Å²) in [6.07, 6.45) is 0. The van der Waals surface area contributed by atoms with Crippen LogP contribution < -0.4 is 20.4 Å². The molecule has 1 heterocycles. The highest BCUT2D eigenvalue weighted by Crippen LogP contribution is 2.24. The number of hydrogen-bond acceptors (Lipinski definition) is 5. The molecule has 140 valence electrons. The molecule has 0 unspecified atom stereocenters. The Morgan fingerprint density at radius 3 is 2.22 bits per heavy atom. The molecule has 0 aliphatic heterocycles. The lowest BCUT2D eigenvalue weighted by Crippen LogP contribution is -2.23. The van der Waals surface area contributed by atoms with Crippen LogP contribution in [-0.2, 0) is 6.54 Å². The van der Waals surface area contributed by atoms with Crippen molar-refractivity contribution in [3.8, 4) is 11.5 Å². The number of rotatable bonds is 5. The van der Waals surface area contributed by atoms with Crippen LogP contribution in [-0.4, -0.2) is 20.1 Å². The lowest BCUT2D eigenvalue weighted by molar-refractivity contribution is 0.0950. The largest absolute Gasteiger partial charge is 0.497 e. The number of carbonyl (C=O) groups is 1. The van der Waals surface area contributed by atoms with E-state index in [1.54, 1.807) is 18.2 Å². The standard InChI is InChI=1S/C21H21NO5/c1-12-5-18-15(9-20(23)27-19(18)6-13(12)2)11-22-21(24)14-7-16(25-3)10-17(8-14)26-4/h5-10H,11H2,1-4H3,(H,22,24). The van der Waals surface area contributed by atoms with E-state index in [2.05, 4.69) is 5.32 Å². The molecule has 1 amide bonds. The van der Waals surface area contributed by atoms with E-state index in [0.29, 0.717) is 28.2 Å². The first kappa shape index (κ1) is 18.5. The summed E-state index contributed by atoms with van der Waals surface area (Å²) in [6.45, 7) is 4.15. The molecular weight excluding hydrogens is 346 g/mol. The van der Waals surface area contributed by atoms with Crippen LogP contribution in [0.15, 0.2) is 45.6 Å². The molecular formula is C21H21NO5. The van der Waals surface area contributed by atoms with Gasteiger partial charge in [-0.1, -0.05) is 0 Å². The zero-order chi connectivity index (χ0) is 19.6. The Balaban J connectivity index is 1.90. The van der Waals surface area contributed by atoms with Crippen LogP contribution >= 0.6 is 0 Å². The van der Waals surface area contributed by atoms with Crippen molar-refractivity contribution in [2.45, 2.75) is 20.4 Å². The van der Waals surface area contributed by atoms with Crippen molar-refractivity contribution in [1.82, 2.24) is 5.32 Å². The van der Waals surface area contributed by atoms with Gasteiger partial charge in [-0.3, -0.25) is 4.79 Å². The molecule has 0 aliphatic rings. The molecule has 0 atom stereocenters. The summed E-state index contributed by atoms with van der Waals surface area (Å²) in [6, 6.07) is 10.2. The molecule has 0 radical (unpaired) electrons. The Morgan fingerprint density at radius 1 is 0.963 bits per heavy atom. The molecule has 3 aromatic rings. The van der Waals surface area contributed by atoms with Crippen LogP contribution in [0.5, 0.6) is 11.5 Å². The van der Waals surface area contributed by atoms with Crippen molar-refractivity contribution < 1.29 is 18.7 Å². The summed E-state index contributed by atoms with van der Waals surface area (Å²) in [4.78, 5) is 24.4. The van der Waals surface area contributed by atoms with E-state index in [1.807, 2.05) is 26.0 Å². The molecule has 6 heteroatoms.